The van der Waals surface area contributed by atoms with Crippen LogP contribution in [0.25, 0.3) is 22.3 Å². The van der Waals surface area contributed by atoms with Gasteiger partial charge in [-0.3, -0.25) is 4.99 Å². The van der Waals surface area contributed by atoms with Crippen molar-refractivity contribution in [2.75, 3.05) is 0 Å². The van der Waals surface area contributed by atoms with E-state index in [1.165, 1.54) is 12.1 Å². The van der Waals surface area contributed by atoms with E-state index in [1.807, 2.05) is 18.2 Å². The maximum Gasteiger partial charge on any atom is 0.335 e. The van der Waals surface area contributed by atoms with Crippen LogP contribution in [-0.4, -0.2) is 33.5 Å². The van der Waals surface area contributed by atoms with E-state index in [1.54, 1.807) is 66.9 Å². The molecular formula is C27H19NO5. The Kier molecular flexibility index (Phi) is 6.00. The number of aromatic hydroxyl groups is 1. The molecule has 162 valence electrons. The third-order valence-corrected chi connectivity index (χ3v) is 5.19. The van der Waals surface area contributed by atoms with E-state index < -0.39 is 11.9 Å². The lowest BCUT2D eigenvalue weighted by molar-refractivity contribution is 0.0686. The van der Waals surface area contributed by atoms with Gasteiger partial charge >= 0.3 is 11.9 Å². The maximum atomic E-state index is 11.2. The summed E-state index contributed by atoms with van der Waals surface area (Å²) in [5.41, 5.74) is 4.79. The van der Waals surface area contributed by atoms with E-state index in [2.05, 4.69) is 4.99 Å². The second-order valence-electron chi connectivity index (χ2n) is 7.31. The number of phenolic OH excluding ortho intramolecular Hbond substituents is 1. The van der Waals surface area contributed by atoms with E-state index in [0.717, 1.165) is 22.3 Å². The molecular weight excluding hydrogens is 418 g/mol. The minimum absolute atomic E-state index is 0.106. The summed E-state index contributed by atoms with van der Waals surface area (Å²) in [5, 5.41) is 28.4. The SMILES string of the molecule is O=C(O)c1ccc(-c2ccc(-c3ccc(C(=O)O)cc3)c(/N=C/c3ccccc3O)c2)cc1. The smallest absolute Gasteiger partial charge is 0.335 e. The highest BCUT2D eigenvalue weighted by atomic mass is 16.4. The number of para-hydroxylation sites is 1. The molecule has 4 rings (SSSR count). The number of nitrogens with zero attached hydrogens (tertiary/aromatic N) is 1. The minimum Gasteiger partial charge on any atom is -0.507 e. The van der Waals surface area contributed by atoms with Crippen LogP contribution in [0.15, 0.2) is 96.0 Å². The Morgan fingerprint density at radius 2 is 1.21 bits per heavy atom. The van der Waals surface area contributed by atoms with Crippen molar-refractivity contribution in [3.05, 3.63) is 108 Å². The Morgan fingerprint density at radius 3 is 1.79 bits per heavy atom. The fraction of sp³-hybridized carbons (Fsp3) is 0. The lowest BCUT2D eigenvalue weighted by Gasteiger charge is -2.10. The zero-order valence-corrected chi connectivity index (χ0v) is 17.3. The Morgan fingerprint density at radius 1 is 0.667 bits per heavy atom. The van der Waals surface area contributed by atoms with Gasteiger partial charge in [0.05, 0.1) is 16.8 Å². The van der Waals surface area contributed by atoms with Crippen LogP contribution in [0.5, 0.6) is 5.75 Å². The third kappa shape index (κ3) is 4.80. The van der Waals surface area contributed by atoms with Crippen molar-refractivity contribution < 1.29 is 24.9 Å². The molecule has 6 heteroatoms. The average Bonchev–Trinajstić information content (AvgIpc) is 2.83. The van der Waals surface area contributed by atoms with Gasteiger partial charge in [-0.25, -0.2) is 9.59 Å². The molecule has 0 bridgehead atoms. The van der Waals surface area contributed by atoms with Crippen LogP contribution in [0, 0.1) is 0 Å². The van der Waals surface area contributed by atoms with Gasteiger partial charge in [0, 0.05) is 17.3 Å². The molecule has 0 atom stereocenters. The molecule has 0 aliphatic rings. The summed E-state index contributed by atoms with van der Waals surface area (Å²) in [5.74, 6) is -1.89. The topological polar surface area (TPSA) is 107 Å². The molecule has 0 saturated carbocycles. The van der Waals surface area contributed by atoms with Crippen LogP contribution < -0.4 is 0 Å². The normalized spacial score (nSPS) is 10.9. The summed E-state index contributed by atoms with van der Waals surface area (Å²) in [6.07, 6.45) is 1.57. The summed E-state index contributed by atoms with van der Waals surface area (Å²) < 4.78 is 0. The van der Waals surface area contributed by atoms with Gasteiger partial charge in [0.1, 0.15) is 5.75 Å². The highest BCUT2D eigenvalue weighted by molar-refractivity contribution is 5.92. The zero-order valence-electron chi connectivity index (χ0n) is 17.3. The molecule has 0 spiro atoms. The molecule has 0 radical (unpaired) electrons. The lowest BCUT2D eigenvalue weighted by atomic mass is 9.97. The highest BCUT2D eigenvalue weighted by Crippen LogP contribution is 2.35. The van der Waals surface area contributed by atoms with E-state index >= 15 is 0 Å². The molecule has 6 nitrogen and oxygen atoms in total. The Bertz CT molecular complexity index is 1360. The summed E-state index contributed by atoms with van der Waals surface area (Å²) >= 11 is 0. The summed E-state index contributed by atoms with van der Waals surface area (Å²) in [6, 6.07) is 25.6. The maximum absolute atomic E-state index is 11.2. The number of hydrogen-bond donors (Lipinski definition) is 3. The summed E-state index contributed by atoms with van der Waals surface area (Å²) in [4.78, 5) is 26.9. The van der Waals surface area contributed by atoms with Crippen molar-refractivity contribution >= 4 is 23.8 Å². The molecule has 0 saturated heterocycles. The van der Waals surface area contributed by atoms with Gasteiger partial charge in [0.15, 0.2) is 0 Å². The summed E-state index contributed by atoms with van der Waals surface area (Å²) in [7, 11) is 0. The van der Waals surface area contributed by atoms with Gasteiger partial charge in [-0.05, 0) is 59.2 Å². The molecule has 0 amide bonds. The molecule has 0 fully saturated rings. The van der Waals surface area contributed by atoms with Crippen LogP contribution >= 0.6 is 0 Å². The first-order chi connectivity index (χ1) is 15.9. The zero-order chi connectivity index (χ0) is 23.4. The second-order valence-corrected chi connectivity index (χ2v) is 7.31. The lowest BCUT2D eigenvalue weighted by Crippen LogP contribution is -1.95. The first-order valence-corrected chi connectivity index (χ1v) is 10.1. The van der Waals surface area contributed by atoms with Crippen LogP contribution in [0.1, 0.15) is 26.3 Å². The number of carboxylic acid groups (broad SMARTS) is 2. The first kappa shape index (κ1) is 21.5. The van der Waals surface area contributed by atoms with Crippen molar-refractivity contribution in [3.8, 4) is 28.0 Å². The summed E-state index contributed by atoms with van der Waals surface area (Å²) in [6.45, 7) is 0. The highest BCUT2D eigenvalue weighted by Gasteiger charge is 2.10. The third-order valence-electron chi connectivity index (χ3n) is 5.19. The Hall–Kier alpha value is -4.71. The van der Waals surface area contributed by atoms with Crippen LogP contribution in [0.2, 0.25) is 0 Å². The molecule has 4 aromatic rings. The fourth-order valence-corrected chi connectivity index (χ4v) is 3.40. The number of carboxylic acids is 2. The van der Waals surface area contributed by atoms with E-state index in [4.69, 9.17) is 10.2 Å². The first-order valence-electron chi connectivity index (χ1n) is 10.1. The Balaban J connectivity index is 1.79. The fourth-order valence-electron chi connectivity index (χ4n) is 3.40. The van der Waals surface area contributed by atoms with Crippen LogP contribution in [0.3, 0.4) is 0 Å². The predicted octanol–water partition coefficient (Wildman–Crippen LogP) is 5.87. The van der Waals surface area contributed by atoms with Gasteiger partial charge in [-0.1, -0.05) is 48.5 Å². The van der Waals surface area contributed by atoms with E-state index in [0.29, 0.717) is 11.3 Å². The van der Waals surface area contributed by atoms with Crippen LogP contribution in [0.4, 0.5) is 5.69 Å². The molecule has 4 aromatic carbocycles. The van der Waals surface area contributed by atoms with Gasteiger partial charge in [-0.2, -0.15) is 0 Å². The van der Waals surface area contributed by atoms with Gasteiger partial charge in [0.25, 0.3) is 0 Å². The average molecular weight is 437 g/mol. The number of carbonyl (C=O) groups is 2. The van der Waals surface area contributed by atoms with Gasteiger partial charge in [0.2, 0.25) is 0 Å². The molecule has 3 N–H and O–H groups in total. The van der Waals surface area contributed by atoms with Crippen LogP contribution in [-0.2, 0) is 0 Å². The van der Waals surface area contributed by atoms with Gasteiger partial charge < -0.3 is 15.3 Å². The monoisotopic (exact) mass is 437 g/mol. The molecule has 33 heavy (non-hydrogen) atoms. The molecule has 0 heterocycles. The van der Waals surface area contributed by atoms with Crippen molar-refractivity contribution in [2.45, 2.75) is 0 Å². The van der Waals surface area contributed by atoms with E-state index in [-0.39, 0.29) is 16.9 Å². The number of hydrogen-bond acceptors (Lipinski definition) is 4. The largest absolute Gasteiger partial charge is 0.507 e. The minimum atomic E-state index is -1.00. The number of phenols is 1. The number of rotatable bonds is 6. The quantitative estimate of drug-likeness (QED) is 0.327. The van der Waals surface area contributed by atoms with Crippen molar-refractivity contribution in [1.82, 2.24) is 0 Å². The van der Waals surface area contributed by atoms with Crippen molar-refractivity contribution in [2.24, 2.45) is 4.99 Å². The number of benzene rings is 4. The van der Waals surface area contributed by atoms with Crippen molar-refractivity contribution in [3.63, 3.8) is 0 Å². The number of aliphatic imine (C=N–C) groups is 1. The number of aromatic carboxylic acids is 2. The second kappa shape index (κ2) is 9.20. The van der Waals surface area contributed by atoms with Crippen molar-refractivity contribution in [1.29, 1.82) is 0 Å². The molecule has 0 aromatic heterocycles. The Labute approximate surface area is 189 Å². The van der Waals surface area contributed by atoms with E-state index in [9.17, 15) is 14.7 Å². The van der Waals surface area contributed by atoms with Gasteiger partial charge in [-0.15, -0.1) is 0 Å². The standard InChI is InChI=1S/C27H19NO5/c29-25-4-2-1-3-22(25)16-28-24-15-21(17-5-9-19(10-6-17)26(30)31)13-14-23(24)18-7-11-20(12-8-18)27(32)33/h1-16,29H,(H,30,31)(H,32,33)/b28-16+. The predicted molar refractivity (Wildman–Crippen MR) is 127 cm³/mol. The molecule has 0 aliphatic heterocycles. The molecule has 0 aliphatic carbocycles. The molecule has 0 unspecified atom stereocenters.